The van der Waals surface area contributed by atoms with Crippen LogP contribution in [0.2, 0.25) is 0 Å². The van der Waals surface area contributed by atoms with E-state index in [1.807, 2.05) is 17.4 Å². The molecule has 2 aromatic rings. The van der Waals surface area contributed by atoms with Gasteiger partial charge in [-0.05, 0) is 48.5 Å². The number of hydrogen-bond acceptors (Lipinski definition) is 3. The standard InChI is InChI=1S/C15H21NOS/c1-4-8-16-10-15-12(5-2)13-9-11(17-3)6-7-14(13)18-15/h6-7,9,16H,4-5,8,10H2,1-3H3. The van der Waals surface area contributed by atoms with Crippen LogP contribution in [0.4, 0.5) is 0 Å². The number of ether oxygens (including phenoxy) is 1. The van der Waals surface area contributed by atoms with Crippen LogP contribution < -0.4 is 10.1 Å². The normalized spacial score (nSPS) is 11.1. The summed E-state index contributed by atoms with van der Waals surface area (Å²) in [6.45, 7) is 6.49. The van der Waals surface area contributed by atoms with Gasteiger partial charge in [0.15, 0.2) is 0 Å². The van der Waals surface area contributed by atoms with Crippen molar-refractivity contribution in [1.82, 2.24) is 5.32 Å². The van der Waals surface area contributed by atoms with E-state index in [2.05, 4.69) is 31.3 Å². The number of aryl methyl sites for hydroxylation is 1. The molecule has 1 N–H and O–H groups in total. The van der Waals surface area contributed by atoms with Crippen molar-refractivity contribution in [2.75, 3.05) is 13.7 Å². The molecule has 1 aromatic heterocycles. The van der Waals surface area contributed by atoms with E-state index in [1.165, 1.54) is 26.9 Å². The number of rotatable bonds is 6. The summed E-state index contributed by atoms with van der Waals surface area (Å²) in [4.78, 5) is 1.47. The molecule has 18 heavy (non-hydrogen) atoms. The first-order chi connectivity index (χ1) is 8.80. The van der Waals surface area contributed by atoms with Gasteiger partial charge in [0.25, 0.3) is 0 Å². The van der Waals surface area contributed by atoms with Crippen LogP contribution in [0.3, 0.4) is 0 Å². The number of thiophene rings is 1. The molecule has 0 atom stereocenters. The van der Waals surface area contributed by atoms with Crippen molar-refractivity contribution >= 4 is 21.4 Å². The van der Waals surface area contributed by atoms with Gasteiger partial charge in [0.1, 0.15) is 5.75 Å². The van der Waals surface area contributed by atoms with E-state index in [9.17, 15) is 0 Å². The van der Waals surface area contributed by atoms with Gasteiger partial charge in [-0.25, -0.2) is 0 Å². The lowest BCUT2D eigenvalue weighted by atomic mass is 10.1. The van der Waals surface area contributed by atoms with Crippen LogP contribution in [0.15, 0.2) is 18.2 Å². The Balaban J connectivity index is 2.35. The lowest BCUT2D eigenvalue weighted by Crippen LogP contribution is -2.13. The summed E-state index contributed by atoms with van der Waals surface area (Å²) in [6, 6.07) is 6.37. The maximum atomic E-state index is 5.32. The lowest BCUT2D eigenvalue weighted by Gasteiger charge is -2.04. The molecule has 0 unspecified atom stereocenters. The van der Waals surface area contributed by atoms with Crippen LogP contribution >= 0.6 is 11.3 Å². The van der Waals surface area contributed by atoms with Crippen molar-refractivity contribution < 1.29 is 4.74 Å². The fraction of sp³-hybridized carbons (Fsp3) is 0.467. The molecule has 0 fully saturated rings. The molecule has 98 valence electrons. The predicted octanol–water partition coefficient (Wildman–Crippen LogP) is 3.97. The Morgan fingerprint density at radius 2 is 2.11 bits per heavy atom. The molecule has 0 aliphatic heterocycles. The summed E-state index contributed by atoms with van der Waals surface area (Å²) < 4.78 is 6.68. The van der Waals surface area contributed by atoms with Gasteiger partial charge in [0.05, 0.1) is 7.11 Å². The average molecular weight is 263 g/mol. The molecule has 0 saturated carbocycles. The van der Waals surface area contributed by atoms with Gasteiger partial charge in [0, 0.05) is 16.1 Å². The minimum atomic E-state index is 0.947. The Bertz CT molecular complexity index is 518. The minimum Gasteiger partial charge on any atom is -0.497 e. The monoisotopic (exact) mass is 263 g/mol. The molecule has 2 rings (SSSR count). The van der Waals surface area contributed by atoms with Crippen molar-refractivity contribution in [3.63, 3.8) is 0 Å². The van der Waals surface area contributed by atoms with Gasteiger partial charge in [-0.2, -0.15) is 0 Å². The van der Waals surface area contributed by atoms with Crippen LogP contribution in [-0.4, -0.2) is 13.7 Å². The van der Waals surface area contributed by atoms with Crippen molar-refractivity contribution in [2.45, 2.75) is 33.2 Å². The third kappa shape index (κ3) is 2.68. The number of hydrogen-bond donors (Lipinski definition) is 1. The SMILES string of the molecule is CCCNCc1sc2ccc(OC)cc2c1CC. The molecule has 0 radical (unpaired) electrons. The lowest BCUT2D eigenvalue weighted by molar-refractivity contribution is 0.415. The minimum absolute atomic E-state index is 0.947. The second-order valence-electron chi connectivity index (χ2n) is 4.40. The largest absolute Gasteiger partial charge is 0.497 e. The summed E-state index contributed by atoms with van der Waals surface area (Å²) in [5, 5.41) is 4.85. The summed E-state index contributed by atoms with van der Waals surface area (Å²) in [5.41, 5.74) is 1.47. The molecule has 1 aromatic carbocycles. The highest BCUT2D eigenvalue weighted by Crippen LogP contribution is 2.34. The van der Waals surface area contributed by atoms with E-state index in [0.29, 0.717) is 0 Å². The zero-order valence-electron chi connectivity index (χ0n) is 11.4. The van der Waals surface area contributed by atoms with Gasteiger partial charge in [0.2, 0.25) is 0 Å². The summed E-state index contributed by atoms with van der Waals surface area (Å²) in [7, 11) is 1.73. The first-order valence-corrected chi connectivity index (χ1v) is 7.40. The quantitative estimate of drug-likeness (QED) is 0.796. The first kappa shape index (κ1) is 13.4. The van der Waals surface area contributed by atoms with E-state index in [1.54, 1.807) is 7.11 Å². The molecule has 0 aliphatic carbocycles. The zero-order valence-corrected chi connectivity index (χ0v) is 12.2. The molecule has 2 nitrogen and oxygen atoms in total. The molecule has 0 spiro atoms. The van der Waals surface area contributed by atoms with Crippen LogP contribution in [0.25, 0.3) is 10.1 Å². The van der Waals surface area contributed by atoms with Crippen LogP contribution in [0.1, 0.15) is 30.7 Å². The Kier molecular flexibility index (Phi) is 4.61. The molecule has 0 amide bonds. The second kappa shape index (κ2) is 6.21. The molecular formula is C15H21NOS. The van der Waals surface area contributed by atoms with Gasteiger partial charge < -0.3 is 10.1 Å². The third-order valence-corrected chi connectivity index (χ3v) is 4.36. The van der Waals surface area contributed by atoms with Crippen LogP contribution in [0.5, 0.6) is 5.75 Å². The summed E-state index contributed by atoms with van der Waals surface area (Å²) in [6.07, 6.45) is 2.26. The average Bonchev–Trinajstić information content (AvgIpc) is 2.75. The van der Waals surface area contributed by atoms with Gasteiger partial charge >= 0.3 is 0 Å². The number of nitrogens with one attached hydrogen (secondary N) is 1. The zero-order chi connectivity index (χ0) is 13.0. The fourth-order valence-electron chi connectivity index (χ4n) is 2.21. The summed E-state index contributed by atoms with van der Waals surface area (Å²) in [5.74, 6) is 0.947. The van der Waals surface area contributed by atoms with E-state index < -0.39 is 0 Å². The Morgan fingerprint density at radius 1 is 1.28 bits per heavy atom. The number of methoxy groups -OCH3 is 1. The van der Waals surface area contributed by atoms with Gasteiger partial charge in [-0.3, -0.25) is 0 Å². The molecule has 3 heteroatoms. The maximum Gasteiger partial charge on any atom is 0.119 e. The molecule has 0 saturated heterocycles. The van der Waals surface area contributed by atoms with E-state index >= 15 is 0 Å². The topological polar surface area (TPSA) is 21.3 Å². The van der Waals surface area contributed by atoms with E-state index in [0.717, 1.165) is 25.3 Å². The second-order valence-corrected chi connectivity index (χ2v) is 5.53. The molecule has 1 heterocycles. The Morgan fingerprint density at radius 3 is 2.78 bits per heavy atom. The van der Waals surface area contributed by atoms with Crippen molar-refractivity contribution in [3.05, 3.63) is 28.6 Å². The number of fused-ring (bicyclic) bond motifs is 1. The molecule has 0 aliphatic rings. The Labute approximate surface area is 113 Å². The van der Waals surface area contributed by atoms with Crippen molar-refractivity contribution in [3.8, 4) is 5.75 Å². The summed E-state index contributed by atoms with van der Waals surface area (Å²) >= 11 is 1.90. The Hall–Kier alpha value is -1.06. The van der Waals surface area contributed by atoms with Crippen LogP contribution in [0, 0.1) is 0 Å². The molecular weight excluding hydrogens is 242 g/mol. The fourth-order valence-corrected chi connectivity index (χ4v) is 3.46. The van der Waals surface area contributed by atoms with Gasteiger partial charge in [-0.1, -0.05) is 13.8 Å². The third-order valence-electron chi connectivity index (χ3n) is 3.15. The van der Waals surface area contributed by atoms with Crippen molar-refractivity contribution in [2.24, 2.45) is 0 Å². The highest BCUT2D eigenvalue weighted by molar-refractivity contribution is 7.19. The van der Waals surface area contributed by atoms with Crippen molar-refractivity contribution in [1.29, 1.82) is 0 Å². The predicted molar refractivity (Wildman–Crippen MR) is 79.8 cm³/mol. The van der Waals surface area contributed by atoms with E-state index in [-0.39, 0.29) is 0 Å². The smallest absolute Gasteiger partial charge is 0.119 e. The highest BCUT2D eigenvalue weighted by atomic mass is 32.1. The van der Waals surface area contributed by atoms with E-state index in [4.69, 9.17) is 4.74 Å². The highest BCUT2D eigenvalue weighted by Gasteiger charge is 2.11. The first-order valence-electron chi connectivity index (χ1n) is 6.59. The van der Waals surface area contributed by atoms with Gasteiger partial charge in [-0.15, -0.1) is 11.3 Å². The maximum absolute atomic E-state index is 5.32. The number of benzene rings is 1. The molecule has 0 bridgehead atoms. The van der Waals surface area contributed by atoms with Crippen LogP contribution in [-0.2, 0) is 13.0 Å².